The molecule has 0 aliphatic heterocycles. The van der Waals surface area contributed by atoms with Crippen molar-refractivity contribution in [3.8, 4) is 0 Å². The number of ether oxygens (including phenoxy) is 6. The standard InChI is InChI=1S/C14H29NO7/c1-17-5-6-19-9-10-21-12-11-20-8-7-18-3-2-4-22-13-14(15)16/h2-13H2,1H3,(H2,15,16). The highest BCUT2D eigenvalue weighted by Crippen LogP contribution is 1.87. The Hall–Kier alpha value is -0.770. The fourth-order valence-corrected chi connectivity index (χ4v) is 1.34. The zero-order valence-electron chi connectivity index (χ0n) is 13.4. The van der Waals surface area contributed by atoms with Gasteiger partial charge in [-0.3, -0.25) is 4.79 Å². The van der Waals surface area contributed by atoms with Gasteiger partial charge in [0.05, 0.1) is 52.9 Å². The van der Waals surface area contributed by atoms with Crippen molar-refractivity contribution >= 4 is 5.91 Å². The Balaban J connectivity index is 2.95. The van der Waals surface area contributed by atoms with Gasteiger partial charge in [-0.2, -0.15) is 0 Å². The lowest BCUT2D eigenvalue weighted by atomic mass is 10.5. The summed E-state index contributed by atoms with van der Waals surface area (Å²) < 4.78 is 31.1. The van der Waals surface area contributed by atoms with Crippen molar-refractivity contribution in [1.29, 1.82) is 0 Å². The maximum Gasteiger partial charge on any atom is 0.243 e. The molecule has 0 heterocycles. The summed E-state index contributed by atoms with van der Waals surface area (Å²) in [6.45, 7) is 5.40. The average molecular weight is 323 g/mol. The molecule has 132 valence electrons. The van der Waals surface area contributed by atoms with Crippen molar-refractivity contribution in [1.82, 2.24) is 0 Å². The fraction of sp³-hybridized carbons (Fsp3) is 0.929. The highest BCUT2D eigenvalue weighted by molar-refractivity contribution is 5.74. The third kappa shape index (κ3) is 19.2. The van der Waals surface area contributed by atoms with Gasteiger partial charge in [0, 0.05) is 20.3 Å². The van der Waals surface area contributed by atoms with Crippen LogP contribution in [0.25, 0.3) is 0 Å². The van der Waals surface area contributed by atoms with E-state index in [2.05, 4.69) is 0 Å². The number of carbonyl (C=O) groups is 1. The van der Waals surface area contributed by atoms with E-state index in [1.54, 1.807) is 7.11 Å². The summed E-state index contributed by atoms with van der Waals surface area (Å²) >= 11 is 0. The van der Waals surface area contributed by atoms with Crippen LogP contribution in [0.3, 0.4) is 0 Å². The largest absolute Gasteiger partial charge is 0.382 e. The molecule has 8 nitrogen and oxygen atoms in total. The minimum absolute atomic E-state index is 0.0411. The lowest BCUT2D eigenvalue weighted by Gasteiger charge is -2.07. The van der Waals surface area contributed by atoms with E-state index >= 15 is 0 Å². The molecule has 0 radical (unpaired) electrons. The van der Waals surface area contributed by atoms with Crippen LogP contribution >= 0.6 is 0 Å². The second-order valence-corrected chi connectivity index (χ2v) is 4.31. The molecule has 0 fully saturated rings. The van der Waals surface area contributed by atoms with Gasteiger partial charge in [-0.05, 0) is 6.42 Å². The van der Waals surface area contributed by atoms with Gasteiger partial charge in [0.15, 0.2) is 0 Å². The molecule has 8 heteroatoms. The zero-order chi connectivity index (χ0) is 16.3. The van der Waals surface area contributed by atoms with Crippen LogP contribution in [0, 0.1) is 0 Å². The molecule has 0 saturated carbocycles. The third-order valence-electron chi connectivity index (χ3n) is 2.37. The summed E-state index contributed by atoms with van der Waals surface area (Å²) in [6.07, 6.45) is 0.722. The summed E-state index contributed by atoms with van der Waals surface area (Å²) in [7, 11) is 1.64. The number of nitrogens with two attached hydrogens (primary N) is 1. The highest BCUT2D eigenvalue weighted by Gasteiger charge is 1.95. The van der Waals surface area contributed by atoms with Gasteiger partial charge in [-0.1, -0.05) is 0 Å². The predicted octanol–water partition coefficient (Wildman–Crippen LogP) is -0.409. The Kier molecular flexibility index (Phi) is 17.6. The van der Waals surface area contributed by atoms with Crippen LogP contribution in [0.2, 0.25) is 0 Å². The molecule has 0 saturated heterocycles. The second-order valence-electron chi connectivity index (χ2n) is 4.31. The molecule has 0 spiro atoms. The van der Waals surface area contributed by atoms with Crippen molar-refractivity contribution in [2.45, 2.75) is 6.42 Å². The van der Waals surface area contributed by atoms with Gasteiger partial charge < -0.3 is 34.2 Å². The third-order valence-corrected chi connectivity index (χ3v) is 2.37. The number of hydrogen-bond donors (Lipinski definition) is 1. The molecular formula is C14H29NO7. The maximum absolute atomic E-state index is 10.4. The minimum atomic E-state index is -0.460. The maximum atomic E-state index is 10.4. The summed E-state index contributed by atoms with van der Waals surface area (Å²) in [5.74, 6) is -0.460. The Morgan fingerprint density at radius 1 is 0.682 bits per heavy atom. The molecule has 0 unspecified atom stereocenters. The topological polar surface area (TPSA) is 98.5 Å². The monoisotopic (exact) mass is 323 g/mol. The zero-order valence-corrected chi connectivity index (χ0v) is 13.4. The quantitative estimate of drug-likeness (QED) is 0.342. The van der Waals surface area contributed by atoms with E-state index in [4.69, 9.17) is 34.2 Å². The van der Waals surface area contributed by atoms with E-state index in [9.17, 15) is 4.79 Å². The Morgan fingerprint density at radius 3 is 1.55 bits per heavy atom. The lowest BCUT2D eigenvalue weighted by Crippen LogP contribution is -2.18. The first-order chi connectivity index (χ1) is 10.8. The molecular weight excluding hydrogens is 294 g/mol. The van der Waals surface area contributed by atoms with Gasteiger partial charge in [-0.25, -0.2) is 0 Å². The van der Waals surface area contributed by atoms with Gasteiger partial charge in [0.25, 0.3) is 0 Å². The molecule has 22 heavy (non-hydrogen) atoms. The van der Waals surface area contributed by atoms with E-state index in [0.29, 0.717) is 66.1 Å². The number of hydrogen-bond acceptors (Lipinski definition) is 7. The first-order valence-electron chi connectivity index (χ1n) is 7.43. The predicted molar refractivity (Wildman–Crippen MR) is 79.8 cm³/mol. The number of rotatable bonds is 18. The van der Waals surface area contributed by atoms with Crippen LogP contribution in [0.5, 0.6) is 0 Å². The molecule has 0 aromatic rings. The van der Waals surface area contributed by atoms with Crippen LogP contribution < -0.4 is 5.73 Å². The first kappa shape index (κ1) is 21.2. The molecule has 0 aliphatic carbocycles. The Labute approximate surface area is 132 Å². The van der Waals surface area contributed by atoms with Crippen LogP contribution in [0.15, 0.2) is 0 Å². The lowest BCUT2D eigenvalue weighted by molar-refractivity contribution is -0.122. The molecule has 0 aromatic heterocycles. The highest BCUT2D eigenvalue weighted by atomic mass is 16.6. The average Bonchev–Trinajstić information content (AvgIpc) is 2.50. The normalized spacial score (nSPS) is 11.0. The Bertz CT molecular complexity index is 241. The minimum Gasteiger partial charge on any atom is -0.382 e. The molecule has 0 bridgehead atoms. The van der Waals surface area contributed by atoms with Crippen molar-refractivity contribution < 1.29 is 33.2 Å². The summed E-state index contributed by atoms with van der Waals surface area (Å²) in [6, 6.07) is 0. The molecule has 1 amide bonds. The van der Waals surface area contributed by atoms with Crippen molar-refractivity contribution in [2.75, 3.05) is 79.8 Å². The molecule has 2 N–H and O–H groups in total. The van der Waals surface area contributed by atoms with Gasteiger partial charge >= 0.3 is 0 Å². The van der Waals surface area contributed by atoms with Crippen LogP contribution in [0.4, 0.5) is 0 Å². The van der Waals surface area contributed by atoms with Gasteiger partial charge in [0.1, 0.15) is 6.61 Å². The Morgan fingerprint density at radius 2 is 1.09 bits per heavy atom. The van der Waals surface area contributed by atoms with E-state index in [1.807, 2.05) is 0 Å². The molecule has 0 aromatic carbocycles. The fourth-order valence-electron chi connectivity index (χ4n) is 1.34. The van der Waals surface area contributed by atoms with Crippen LogP contribution in [-0.2, 0) is 33.2 Å². The van der Waals surface area contributed by atoms with Crippen molar-refractivity contribution in [3.63, 3.8) is 0 Å². The number of primary amides is 1. The van der Waals surface area contributed by atoms with Gasteiger partial charge in [0.2, 0.25) is 5.91 Å². The summed E-state index contributed by atoms with van der Waals surface area (Å²) in [5, 5.41) is 0. The number of carbonyl (C=O) groups excluding carboxylic acids is 1. The van der Waals surface area contributed by atoms with E-state index in [-0.39, 0.29) is 6.61 Å². The van der Waals surface area contributed by atoms with Gasteiger partial charge in [-0.15, -0.1) is 0 Å². The first-order valence-corrected chi connectivity index (χ1v) is 7.43. The van der Waals surface area contributed by atoms with Crippen molar-refractivity contribution in [3.05, 3.63) is 0 Å². The SMILES string of the molecule is COCCOCCOCCOCCOCCCOCC(N)=O. The van der Waals surface area contributed by atoms with Crippen molar-refractivity contribution in [2.24, 2.45) is 5.73 Å². The van der Waals surface area contributed by atoms with Crippen LogP contribution in [0.1, 0.15) is 6.42 Å². The van der Waals surface area contributed by atoms with E-state index in [1.165, 1.54) is 0 Å². The van der Waals surface area contributed by atoms with E-state index in [0.717, 1.165) is 6.42 Å². The van der Waals surface area contributed by atoms with E-state index < -0.39 is 5.91 Å². The summed E-state index contributed by atoms with van der Waals surface area (Å²) in [5.41, 5.74) is 4.93. The second kappa shape index (κ2) is 18.3. The number of methoxy groups -OCH3 is 1. The van der Waals surface area contributed by atoms with Crippen LogP contribution in [-0.4, -0.2) is 85.7 Å². The number of amides is 1. The molecule has 0 rings (SSSR count). The molecule has 0 aliphatic rings. The summed E-state index contributed by atoms with van der Waals surface area (Å²) in [4.78, 5) is 10.4. The smallest absolute Gasteiger partial charge is 0.243 e. The molecule has 0 atom stereocenters.